The van der Waals surface area contributed by atoms with Crippen molar-refractivity contribution >= 4 is 11.7 Å². The third kappa shape index (κ3) is 2.56. The Bertz CT molecular complexity index is 707. The molecule has 0 unspecified atom stereocenters. The Morgan fingerprint density at radius 2 is 1.80 bits per heavy atom. The average Bonchev–Trinajstić information content (AvgIpc) is 2.99. The van der Waals surface area contributed by atoms with Gasteiger partial charge in [-0.05, 0) is 24.3 Å². The summed E-state index contributed by atoms with van der Waals surface area (Å²) in [7, 11) is 0. The van der Waals surface area contributed by atoms with Crippen molar-refractivity contribution in [2.24, 2.45) is 0 Å². The molecule has 5 heteroatoms. The Kier molecular flexibility index (Phi) is 3.24. The summed E-state index contributed by atoms with van der Waals surface area (Å²) in [4.78, 5) is 20.2. The number of rotatable bonds is 3. The highest BCUT2D eigenvalue weighted by atomic mass is 16.2. The van der Waals surface area contributed by atoms with Crippen LogP contribution in [0.4, 0.5) is 5.82 Å². The summed E-state index contributed by atoms with van der Waals surface area (Å²) < 4.78 is 1.80. The summed E-state index contributed by atoms with van der Waals surface area (Å²) in [5.41, 5.74) is 1.30. The molecule has 1 amide bonds. The van der Waals surface area contributed by atoms with Crippen LogP contribution in [0.2, 0.25) is 0 Å². The van der Waals surface area contributed by atoms with E-state index in [1.807, 2.05) is 36.4 Å². The molecule has 0 fully saturated rings. The lowest BCUT2D eigenvalue weighted by Gasteiger charge is -2.01. The number of benzene rings is 1. The number of nitrogens with zero attached hydrogens (tertiary/aromatic N) is 3. The van der Waals surface area contributed by atoms with Crippen molar-refractivity contribution in [1.82, 2.24) is 14.5 Å². The first-order valence-corrected chi connectivity index (χ1v) is 6.15. The van der Waals surface area contributed by atoms with E-state index in [-0.39, 0.29) is 5.91 Å². The van der Waals surface area contributed by atoms with E-state index in [4.69, 9.17) is 0 Å². The van der Waals surface area contributed by atoms with Crippen molar-refractivity contribution < 1.29 is 4.79 Å². The maximum absolute atomic E-state index is 12.0. The number of pyridine rings is 1. The van der Waals surface area contributed by atoms with Crippen LogP contribution < -0.4 is 5.32 Å². The van der Waals surface area contributed by atoms with E-state index >= 15 is 0 Å². The average molecular weight is 264 g/mol. The van der Waals surface area contributed by atoms with E-state index in [9.17, 15) is 4.79 Å². The van der Waals surface area contributed by atoms with Gasteiger partial charge in [0.15, 0.2) is 0 Å². The Hall–Kier alpha value is -2.95. The highest BCUT2D eigenvalue weighted by Gasteiger charge is 2.10. The molecule has 0 radical (unpaired) electrons. The fourth-order valence-corrected chi connectivity index (χ4v) is 1.80. The van der Waals surface area contributed by atoms with Gasteiger partial charge in [-0.3, -0.25) is 4.79 Å². The molecule has 0 aliphatic heterocycles. The van der Waals surface area contributed by atoms with E-state index in [0.29, 0.717) is 11.5 Å². The molecule has 0 bridgehead atoms. The predicted molar refractivity (Wildman–Crippen MR) is 75.8 cm³/mol. The number of imidazole rings is 1. The molecular formula is C15H12N4O. The number of aromatic nitrogens is 3. The number of para-hydroxylation sites is 1. The fraction of sp³-hybridized carbons (Fsp3) is 0. The molecule has 0 aliphatic rings. The highest BCUT2D eigenvalue weighted by Crippen LogP contribution is 2.09. The van der Waals surface area contributed by atoms with Crippen LogP contribution in [-0.4, -0.2) is 20.4 Å². The van der Waals surface area contributed by atoms with E-state index in [1.54, 1.807) is 35.4 Å². The monoisotopic (exact) mass is 264 g/mol. The van der Waals surface area contributed by atoms with Gasteiger partial charge in [-0.25, -0.2) is 9.97 Å². The second kappa shape index (κ2) is 5.36. The minimum Gasteiger partial charge on any atom is -0.305 e. The van der Waals surface area contributed by atoms with Crippen LogP contribution in [0.15, 0.2) is 67.3 Å². The van der Waals surface area contributed by atoms with Crippen LogP contribution >= 0.6 is 0 Å². The largest absolute Gasteiger partial charge is 0.305 e. The fourth-order valence-electron chi connectivity index (χ4n) is 1.80. The van der Waals surface area contributed by atoms with Gasteiger partial charge in [-0.15, -0.1) is 0 Å². The molecule has 0 saturated carbocycles. The van der Waals surface area contributed by atoms with Crippen molar-refractivity contribution in [3.05, 3.63) is 72.9 Å². The first-order valence-electron chi connectivity index (χ1n) is 6.15. The molecule has 0 aliphatic carbocycles. The van der Waals surface area contributed by atoms with Crippen LogP contribution in [-0.2, 0) is 0 Å². The molecule has 1 aromatic carbocycles. The molecule has 3 rings (SSSR count). The van der Waals surface area contributed by atoms with Gasteiger partial charge < -0.3 is 9.88 Å². The molecule has 20 heavy (non-hydrogen) atoms. The summed E-state index contributed by atoms with van der Waals surface area (Å²) >= 11 is 0. The Labute approximate surface area is 115 Å². The maximum atomic E-state index is 12.0. The minimum atomic E-state index is -0.279. The van der Waals surface area contributed by atoms with Crippen LogP contribution in [0.25, 0.3) is 5.69 Å². The zero-order chi connectivity index (χ0) is 13.8. The van der Waals surface area contributed by atoms with E-state index < -0.39 is 0 Å². The lowest BCUT2D eigenvalue weighted by Crippen LogP contribution is -2.13. The normalized spacial score (nSPS) is 10.2. The van der Waals surface area contributed by atoms with Crippen LogP contribution in [0, 0.1) is 0 Å². The molecule has 2 heterocycles. The molecular weight excluding hydrogens is 252 g/mol. The minimum absolute atomic E-state index is 0.279. The van der Waals surface area contributed by atoms with Crippen molar-refractivity contribution in [3.8, 4) is 5.69 Å². The van der Waals surface area contributed by atoms with E-state index in [1.165, 1.54) is 0 Å². The molecule has 3 aromatic rings. The summed E-state index contributed by atoms with van der Waals surface area (Å²) in [6.07, 6.45) is 4.93. The lowest BCUT2D eigenvalue weighted by atomic mass is 10.3. The predicted octanol–water partition coefficient (Wildman–Crippen LogP) is 2.52. The highest BCUT2D eigenvalue weighted by molar-refractivity contribution is 6.02. The van der Waals surface area contributed by atoms with Gasteiger partial charge >= 0.3 is 0 Å². The van der Waals surface area contributed by atoms with Crippen LogP contribution in [0.3, 0.4) is 0 Å². The van der Waals surface area contributed by atoms with Gasteiger partial charge in [0, 0.05) is 18.1 Å². The van der Waals surface area contributed by atoms with E-state index in [0.717, 1.165) is 5.69 Å². The van der Waals surface area contributed by atoms with Gasteiger partial charge in [0.1, 0.15) is 17.8 Å². The zero-order valence-electron chi connectivity index (χ0n) is 10.6. The van der Waals surface area contributed by atoms with E-state index in [2.05, 4.69) is 15.3 Å². The topological polar surface area (TPSA) is 59.8 Å². The van der Waals surface area contributed by atoms with Crippen molar-refractivity contribution in [3.63, 3.8) is 0 Å². The van der Waals surface area contributed by atoms with Crippen molar-refractivity contribution in [1.29, 1.82) is 0 Å². The zero-order valence-corrected chi connectivity index (χ0v) is 10.6. The van der Waals surface area contributed by atoms with Crippen LogP contribution in [0.5, 0.6) is 0 Å². The second-order valence-corrected chi connectivity index (χ2v) is 4.17. The smallest absolute Gasteiger partial charge is 0.277 e. The third-order valence-corrected chi connectivity index (χ3v) is 2.78. The first-order chi connectivity index (χ1) is 9.83. The Balaban J connectivity index is 1.79. The second-order valence-electron chi connectivity index (χ2n) is 4.17. The molecule has 5 nitrogen and oxygen atoms in total. The number of hydrogen-bond acceptors (Lipinski definition) is 3. The molecule has 0 atom stereocenters. The number of anilines is 1. The number of amides is 1. The molecule has 0 saturated heterocycles. The Morgan fingerprint density at radius 3 is 2.55 bits per heavy atom. The van der Waals surface area contributed by atoms with Gasteiger partial charge in [0.05, 0.1) is 0 Å². The first kappa shape index (κ1) is 12.1. The quantitative estimate of drug-likeness (QED) is 0.790. The van der Waals surface area contributed by atoms with Gasteiger partial charge in [-0.1, -0.05) is 24.3 Å². The van der Waals surface area contributed by atoms with Gasteiger partial charge in [0.2, 0.25) is 0 Å². The number of hydrogen-bond donors (Lipinski definition) is 1. The molecule has 2 aromatic heterocycles. The Morgan fingerprint density at radius 1 is 1.00 bits per heavy atom. The SMILES string of the molecule is O=C(Nc1ccccn1)c1cn(-c2ccccc2)cn1. The summed E-state index contributed by atoms with van der Waals surface area (Å²) in [6, 6.07) is 15.0. The molecule has 0 spiro atoms. The maximum Gasteiger partial charge on any atom is 0.277 e. The third-order valence-electron chi connectivity index (χ3n) is 2.78. The summed E-state index contributed by atoms with van der Waals surface area (Å²) in [5.74, 6) is 0.227. The van der Waals surface area contributed by atoms with Gasteiger partial charge in [0.25, 0.3) is 5.91 Å². The summed E-state index contributed by atoms with van der Waals surface area (Å²) in [5, 5.41) is 2.70. The number of carbonyl (C=O) groups excluding carboxylic acids is 1. The summed E-state index contributed by atoms with van der Waals surface area (Å²) in [6.45, 7) is 0. The molecule has 1 N–H and O–H groups in total. The van der Waals surface area contributed by atoms with Gasteiger partial charge in [-0.2, -0.15) is 0 Å². The number of nitrogens with one attached hydrogen (secondary N) is 1. The molecule has 98 valence electrons. The van der Waals surface area contributed by atoms with Crippen LogP contribution in [0.1, 0.15) is 10.5 Å². The number of carbonyl (C=O) groups is 1. The van der Waals surface area contributed by atoms with Crippen molar-refractivity contribution in [2.75, 3.05) is 5.32 Å². The van der Waals surface area contributed by atoms with Crippen molar-refractivity contribution in [2.45, 2.75) is 0 Å². The lowest BCUT2D eigenvalue weighted by molar-refractivity contribution is 0.102. The standard InChI is InChI=1S/C15H12N4O/c20-15(18-14-8-4-5-9-16-14)13-10-19(11-17-13)12-6-2-1-3-7-12/h1-11H,(H,16,18,20).